The van der Waals surface area contributed by atoms with E-state index in [1.807, 2.05) is 19.9 Å². The van der Waals surface area contributed by atoms with Gasteiger partial charge in [0.2, 0.25) is 15.9 Å². The van der Waals surface area contributed by atoms with Gasteiger partial charge in [0, 0.05) is 42.0 Å². The highest BCUT2D eigenvalue weighted by molar-refractivity contribution is 7.89. The zero-order valence-corrected chi connectivity index (χ0v) is 19.5. The van der Waals surface area contributed by atoms with Gasteiger partial charge in [-0.25, -0.2) is 13.2 Å². The molecule has 0 saturated carbocycles. The Morgan fingerprint density at radius 1 is 1.00 bits per heavy atom. The van der Waals surface area contributed by atoms with Crippen molar-refractivity contribution >= 4 is 38.3 Å². The van der Waals surface area contributed by atoms with Crippen LogP contribution in [0.5, 0.6) is 0 Å². The van der Waals surface area contributed by atoms with E-state index in [4.69, 9.17) is 4.42 Å². The molecular weight excluding hydrogens is 442 g/mol. The summed E-state index contributed by atoms with van der Waals surface area (Å²) in [7, 11) is -3.59. The van der Waals surface area contributed by atoms with Gasteiger partial charge < -0.3 is 15.1 Å². The predicted molar refractivity (Wildman–Crippen MR) is 128 cm³/mol. The Morgan fingerprint density at radius 2 is 1.76 bits per heavy atom. The van der Waals surface area contributed by atoms with Crippen molar-refractivity contribution in [1.82, 2.24) is 4.31 Å². The van der Waals surface area contributed by atoms with Crippen LogP contribution in [0.1, 0.15) is 30.4 Å². The molecule has 33 heavy (non-hydrogen) atoms. The number of hydrogen-bond acceptors (Lipinski definition) is 6. The van der Waals surface area contributed by atoms with Crippen LogP contribution in [0.3, 0.4) is 0 Å². The maximum atomic E-state index is 13.0. The minimum absolute atomic E-state index is 0.0376. The fraction of sp³-hybridized carbons (Fsp3) is 0.333. The fourth-order valence-electron chi connectivity index (χ4n) is 3.96. The molecule has 1 aliphatic heterocycles. The van der Waals surface area contributed by atoms with Crippen LogP contribution in [0.2, 0.25) is 0 Å². The molecule has 0 unspecified atom stereocenters. The number of sulfonamides is 1. The summed E-state index contributed by atoms with van der Waals surface area (Å²) in [6.07, 6.45) is 2.76. The number of fused-ring (bicyclic) bond motifs is 1. The minimum atomic E-state index is -3.59. The second-order valence-corrected chi connectivity index (χ2v) is 10.2. The number of nitrogens with zero attached hydrogens (tertiary/aromatic N) is 1. The molecule has 0 atom stereocenters. The topological polar surface area (TPSA) is 109 Å². The highest BCUT2D eigenvalue weighted by Crippen LogP contribution is 2.25. The van der Waals surface area contributed by atoms with Gasteiger partial charge >= 0.3 is 5.63 Å². The van der Waals surface area contributed by atoms with E-state index in [1.54, 1.807) is 24.3 Å². The number of piperidine rings is 1. The lowest BCUT2D eigenvalue weighted by molar-refractivity contribution is -0.114. The minimum Gasteiger partial charge on any atom is -0.423 e. The van der Waals surface area contributed by atoms with Gasteiger partial charge in [0.05, 0.1) is 11.4 Å². The molecule has 0 spiro atoms. The molecule has 8 nitrogen and oxygen atoms in total. The molecule has 4 rings (SSSR count). The van der Waals surface area contributed by atoms with Crippen molar-refractivity contribution in [2.75, 3.05) is 30.3 Å². The lowest BCUT2D eigenvalue weighted by Crippen LogP contribution is -2.35. The summed E-state index contributed by atoms with van der Waals surface area (Å²) in [6, 6.07) is 11.5. The molecule has 2 N–H and O–H groups in total. The number of nitrogens with one attached hydrogen (secondary N) is 2. The summed E-state index contributed by atoms with van der Waals surface area (Å²) in [4.78, 5) is 24.4. The average Bonchev–Trinajstić information content (AvgIpc) is 2.79. The molecule has 9 heteroatoms. The van der Waals surface area contributed by atoms with Crippen LogP contribution in [0, 0.1) is 13.8 Å². The fourth-order valence-corrected chi connectivity index (χ4v) is 5.51. The van der Waals surface area contributed by atoms with E-state index in [2.05, 4.69) is 10.6 Å². The van der Waals surface area contributed by atoms with Crippen molar-refractivity contribution < 1.29 is 17.6 Å². The monoisotopic (exact) mass is 469 g/mol. The lowest BCUT2D eigenvalue weighted by Gasteiger charge is -2.26. The Balaban J connectivity index is 1.46. The number of rotatable bonds is 6. The maximum absolute atomic E-state index is 13.0. The second kappa shape index (κ2) is 9.36. The average molecular weight is 470 g/mol. The van der Waals surface area contributed by atoms with Gasteiger partial charge in [0.15, 0.2) is 0 Å². The molecule has 1 amide bonds. The quantitative estimate of drug-likeness (QED) is 0.534. The van der Waals surface area contributed by atoms with E-state index in [0.717, 1.165) is 35.8 Å². The summed E-state index contributed by atoms with van der Waals surface area (Å²) in [6.45, 7) is 4.65. The molecule has 2 aromatic carbocycles. The van der Waals surface area contributed by atoms with Gasteiger partial charge in [-0.2, -0.15) is 4.31 Å². The van der Waals surface area contributed by atoms with E-state index in [0.29, 0.717) is 30.0 Å². The molecule has 1 fully saturated rings. The molecule has 3 aromatic rings. The van der Waals surface area contributed by atoms with E-state index < -0.39 is 15.6 Å². The standard InChI is InChI=1S/C24H27N3O5S/c1-16-6-8-19(33(30,31)27-10-4-3-5-11-27)14-21(16)26-23(28)15-25-18-7-9-20-17(2)12-24(29)32-22(20)13-18/h6-9,12-14,25H,3-5,10-11,15H2,1-2H3,(H,26,28). The summed E-state index contributed by atoms with van der Waals surface area (Å²) < 4.78 is 32.7. The van der Waals surface area contributed by atoms with E-state index in [9.17, 15) is 18.0 Å². The maximum Gasteiger partial charge on any atom is 0.336 e. The number of aryl methyl sites for hydroxylation is 2. The third kappa shape index (κ3) is 5.09. The van der Waals surface area contributed by atoms with E-state index in [1.165, 1.54) is 16.4 Å². The lowest BCUT2D eigenvalue weighted by atomic mass is 10.1. The molecular formula is C24H27N3O5S. The highest BCUT2D eigenvalue weighted by atomic mass is 32.2. The molecule has 1 saturated heterocycles. The molecule has 2 heterocycles. The summed E-state index contributed by atoms with van der Waals surface area (Å²) >= 11 is 0. The van der Waals surface area contributed by atoms with E-state index >= 15 is 0 Å². The van der Waals surface area contributed by atoms with Gasteiger partial charge in [-0.05, 0) is 62.1 Å². The van der Waals surface area contributed by atoms with Gasteiger partial charge in [-0.15, -0.1) is 0 Å². The first-order valence-corrected chi connectivity index (χ1v) is 12.4. The first-order valence-electron chi connectivity index (χ1n) is 10.9. The van der Waals surface area contributed by atoms with Gasteiger partial charge in [0.25, 0.3) is 0 Å². The second-order valence-electron chi connectivity index (χ2n) is 8.30. The predicted octanol–water partition coefficient (Wildman–Crippen LogP) is 3.64. The van der Waals surface area contributed by atoms with Crippen molar-refractivity contribution in [3.63, 3.8) is 0 Å². The molecule has 174 valence electrons. The van der Waals surface area contributed by atoms with Crippen molar-refractivity contribution in [3.05, 3.63) is 64.0 Å². The first kappa shape index (κ1) is 23.0. The molecule has 1 aromatic heterocycles. The summed E-state index contributed by atoms with van der Waals surface area (Å²) in [5.41, 5.74) is 2.69. The van der Waals surface area contributed by atoms with E-state index in [-0.39, 0.29) is 17.3 Å². The van der Waals surface area contributed by atoms with Crippen LogP contribution in [-0.4, -0.2) is 38.3 Å². The molecule has 1 aliphatic rings. The van der Waals surface area contributed by atoms with Crippen LogP contribution in [0.25, 0.3) is 11.0 Å². The van der Waals surface area contributed by atoms with Gasteiger partial charge in [-0.1, -0.05) is 12.5 Å². The van der Waals surface area contributed by atoms with Crippen LogP contribution in [-0.2, 0) is 14.8 Å². The van der Waals surface area contributed by atoms with Gasteiger partial charge in [0.1, 0.15) is 5.58 Å². The number of hydrogen-bond donors (Lipinski definition) is 2. The van der Waals surface area contributed by atoms with Crippen LogP contribution >= 0.6 is 0 Å². The van der Waals surface area contributed by atoms with Crippen molar-refractivity contribution in [1.29, 1.82) is 0 Å². The zero-order valence-electron chi connectivity index (χ0n) is 18.7. The smallest absolute Gasteiger partial charge is 0.336 e. The number of benzene rings is 2. The number of anilines is 2. The Hall–Kier alpha value is -3.17. The largest absolute Gasteiger partial charge is 0.423 e. The van der Waals surface area contributed by atoms with Crippen LogP contribution < -0.4 is 16.3 Å². The Labute approximate surface area is 192 Å². The first-order chi connectivity index (χ1) is 15.7. The summed E-state index contributed by atoms with van der Waals surface area (Å²) in [5.74, 6) is -0.323. The number of amides is 1. The number of carbonyl (C=O) groups excluding carboxylic acids is 1. The molecule has 0 aliphatic carbocycles. The molecule has 0 bridgehead atoms. The highest BCUT2D eigenvalue weighted by Gasteiger charge is 2.26. The van der Waals surface area contributed by atoms with Crippen molar-refractivity contribution in [2.45, 2.75) is 38.0 Å². The van der Waals surface area contributed by atoms with Crippen LogP contribution in [0.4, 0.5) is 11.4 Å². The zero-order chi connectivity index (χ0) is 23.6. The van der Waals surface area contributed by atoms with Crippen molar-refractivity contribution in [3.8, 4) is 0 Å². The summed E-state index contributed by atoms with van der Waals surface area (Å²) in [5, 5.41) is 6.63. The third-order valence-corrected chi connectivity index (χ3v) is 7.73. The van der Waals surface area contributed by atoms with Gasteiger partial charge in [-0.3, -0.25) is 4.79 Å². The third-order valence-electron chi connectivity index (χ3n) is 5.84. The Bertz CT molecular complexity index is 1360. The SMILES string of the molecule is Cc1ccc(S(=O)(=O)N2CCCCC2)cc1NC(=O)CNc1ccc2c(C)cc(=O)oc2c1. The Morgan fingerprint density at radius 3 is 2.52 bits per heavy atom. The van der Waals surface area contributed by atoms with Crippen molar-refractivity contribution in [2.24, 2.45) is 0 Å². The molecule has 0 radical (unpaired) electrons. The normalized spacial score (nSPS) is 14.8. The van der Waals surface area contributed by atoms with Crippen LogP contribution in [0.15, 0.2) is 56.6 Å². The Kier molecular flexibility index (Phi) is 6.53. The number of carbonyl (C=O) groups is 1.